The van der Waals surface area contributed by atoms with E-state index in [0.717, 1.165) is 16.6 Å². The van der Waals surface area contributed by atoms with E-state index in [1.807, 2.05) is 0 Å². The van der Waals surface area contributed by atoms with Crippen LogP contribution in [0.15, 0.2) is 53.4 Å². The highest BCUT2D eigenvalue weighted by atomic mass is 79.9. The van der Waals surface area contributed by atoms with E-state index >= 15 is 0 Å². The van der Waals surface area contributed by atoms with Crippen LogP contribution in [-0.2, 0) is 11.6 Å². The normalized spacial score (nSPS) is 15.4. The lowest BCUT2D eigenvalue weighted by Crippen LogP contribution is -2.28. The maximum Gasteiger partial charge on any atom is 0.416 e. The van der Waals surface area contributed by atoms with Crippen molar-refractivity contribution in [3.05, 3.63) is 75.8 Å². The van der Waals surface area contributed by atoms with Gasteiger partial charge < -0.3 is 5.32 Å². The number of nitrogens with one attached hydrogen (secondary N) is 1. The molecule has 1 aromatic carbocycles. The van der Waals surface area contributed by atoms with Crippen molar-refractivity contribution in [1.82, 2.24) is 20.3 Å². The summed E-state index contributed by atoms with van der Waals surface area (Å²) in [5, 5.41) is 12.1. The molecule has 0 aliphatic heterocycles. The van der Waals surface area contributed by atoms with E-state index in [-0.39, 0.29) is 11.1 Å². The standard InChI is InChI=1S/C23H17BrF3N5O/c1-13(19-20(30-7-6-29-19)18-3-2-17(24)11-31-18)32-21(33)14-8-15(22(12-28)4-5-22)10-16(9-14)23(25,26)27/h2-3,6-11,13H,4-5H2,1H3,(H,32,33). The third-order valence-electron chi connectivity index (χ3n) is 5.49. The van der Waals surface area contributed by atoms with Crippen molar-refractivity contribution in [1.29, 1.82) is 5.26 Å². The summed E-state index contributed by atoms with van der Waals surface area (Å²) in [5.41, 5.74) is -0.482. The third-order valence-corrected chi connectivity index (χ3v) is 5.96. The Hall–Kier alpha value is -3.32. The first kappa shape index (κ1) is 22.9. The predicted molar refractivity (Wildman–Crippen MR) is 117 cm³/mol. The van der Waals surface area contributed by atoms with Crippen molar-refractivity contribution in [3.8, 4) is 17.5 Å². The molecule has 6 nitrogen and oxygen atoms in total. The predicted octanol–water partition coefficient (Wildman–Crippen LogP) is 5.37. The first-order valence-electron chi connectivity index (χ1n) is 10.0. The Morgan fingerprint density at radius 1 is 1.18 bits per heavy atom. The molecule has 0 radical (unpaired) electrons. The van der Waals surface area contributed by atoms with Gasteiger partial charge in [-0.05, 0) is 71.6 Å². The zero-order valence-corrected chi connectivity index (χ0v) is 18.9. The van der Waals surface area contributed by atoms with Crippen LogP contribution in [0.2, 0.25) is 0 Å². The van der Waals surface area contributed by atoms with Crippen molar-refractivity contribution in [2.75, 3.05) is 0 Å². The zero-order chi connectivity index (χ0) is 23.8. The van der Waals surface area contributed by atoms with Crippen LogP contribution in [0, 0.1) is 11.3 Å². The summed E-state index contributed by atoms with van der Waals surface area (Å²) >= 11 is 3.32. The number of halogens is 4. The van der Waals surface area contributed by atoms with Crippen LogP contribution in [0.4, 0.5) is 13.2 Å². The lowest BCUT2D eigenvalue weighted by atomic mass is 9.93. The summed E-state index contributed by atoms with van der Waals surface area (Å²) in [6.07, 6.45) is 0.841. The second-order valence-corrected chi connectivity index (χ2v) is 8.75. The van der Waals surface area contributed by atoms with Crippen molar-refractivity contribution >= 4 is 21.8 Å². The lowest BCUT2D eigenvalue weighted by molar-refractivity contribution is -0.137. The number of hydrogen-bond donors (Lipinski definition) is 1. The van der Waals surface area contributed by atoms with E-state index in [4.69, 9.17) is 0 Å². The van der Waals surface area contributed by atoms with Gasteiger partial charge in [0.15, 0.2) is 0 Å². The minimum absolute atomic E-state index is 0.166. The molecule has 1 aliphatic carbocycles. The van der Waals surface area contributed by atoms with Crippen LogP contribution < -0.4 is 5.32 Å². The largest absolute Gasteiger partial charge is 0.416 e. The topological polar surface area (TPSA) is 91.6 Å². The average molecular weight is 516 g/mol. The Kier molecular flexibility index (Phi) is 5.93. The molecule has 1 fully saturated rings. The molecule has 1 aliphatic rings. The molecule has 2 heterocycles. The van der Waals surface area contributed by atoms with Gasteiger partial charge in [-0.3, -0.25) is 19.7 Å². The monoisotopic (exact) mass is 515 g/mol. The van der Waals surface area contributed by atoms with Gasteiger partial charge in [-0.15, -0.1) is 0 Å². The smallest absolute Gasteiger partial charge is 0.344 e. The number of carbonyl (C=O) groups excluding carboxylic acids is 1. The van der Waals surface area contributed by atoms with E-state index in [1.165, 1.54) is 18.5 Å². The number of aromatic nitrogens is 3. The van der Waals surface area contributed by atoms with Gasteiger partial charge in [0, 0.05) is 28.6 Å². The lowest BCUT2D eigenvalue weighted by Gasteiger charge is -2.18. The quantitative estimate of drug-likeness (QED) is 0.493. The minimum Gasteiger partial charge on any atom is -0.344 e. The summed E-state index contributed by atoms with van der Waals surface area (Å²) in [6, 6.07) is 8.05. The maximum atomic E-state index is 13.5. The van der Waals surface area contributed by atoms with Gasteiger partial charge in [0.2, 0.25) is 0 Å². The molecule has 0 bridgehead atoms. The average Bonchev–Trinajstić information content (AvgIpc) is 3.60. The van der Waals surface area contributed by atoms with Crippen LogP contribution in [0.1, 0.15) is 53.0 Å². The van der Waals surface area contributed by atoms with Gasteiger partial charge in [0.25, 0.3) is 5.91 Å². The molecular formula is C23H17BrF3N5O. The van der Waals surface area contributed by atoms with Crippen LogP contribution in [-0.4, -0.2) is 20.9 Å². The van der Waals surface area contributed by atoms with E-state index in [0.29, 0.717) is 29.9 Å². The molecule has 0 saturated heterocycles. The first-order valence-corrected chi connectivity index (χ1v) is 10.8. The molecule has 1 saturated carbocycles. The number of alkyl halides is 3. The summed E-state index contributed by atoms with van der Waals surface area (Å²) < 4.78 is 41.2. The summed E-state index contributed by atoms with van der Waals surface area (Å²) in [5.74, 6) is -0.705. The van der Waals surface area contributed by atoms with Crippen molar-refractivity contribution in [2.24, 2.45) is 0 Å². The van der Waals surface area contributed by atoms with Crippen LogP contribution in [0.25, 0.3) is 11.4 Å². The number of carbonyl (C=O) groups is 1. The second-order valence-electron chi connectivity index (χ2n) is 7.84. The minimum atomic E-state index is -4.65. The van der Waals surface area contributed by atoms with Crippen molar-refractivity contribution in [3.63, 3.8) is 0 Å². The summed E-state index contributed by atoms with van der Waals surface area (Å²) in [4.78, 5) is 25.9. The van der Waals surface area contributed by atoms with E-state index in [9.17, 15) is 23.2 Å². The van der Waals surface area contributed by atoms with Crippen LogP contribution in [0.3, 0.4) is 0 Å². The van der Waals surface area contributed by atoms with Crippen LogP contribution >= 0.6 is 15.9 Å². The molecule has 33 heavy (non-hydrogen) atoms. The number of benzene rings is 1. The van der Waals surface area contributed by atoms with E-state index in [2.05, 4.69) is 42.3 Å². The molecule has 2 aromatic heterocycles. The molecular weight excluding hydrogens is 499 g/mol. The highest BCUT2D eigenvalue weighted by Gasteiger charge is 2.46. The molecule has 1 N–H and O–H groups in total. The van der Waals surface area contributed by atoms with Gasteiger partial charge in [0.05, 0.1) is 34.5 Å². The van der Waals surface area contributed by atoms with Gasteiger partial charge in [-0.25, -0.2) is 0 Å². The van der Waals surface area contributed by atoms with Gasteiger partial charge in [-0.1, -0.05) is 0 Å². The number of nitrogens with zero attached hydrogens (tertiary/aromatic N) is 4. The van der Waals surface area contributed by atoms with Crippen molar-refractivity contribution in [2.45, 2.75) is 37.4 Å². The summed E-state index contributed by atoms with van der Waals surface area (Å²) in [6.45, 7) is 1.66. The zero-order valence-electron chi connectivity index (χ0n) is 17.3. The number of pyridine rings is 1. The fourth-order valence-electron chi connectivity index (χ4n) is 3.52. The number of nitriles is 1. The fourth-order valence-corrected chi connectivity index (χ4v) is 3.75. The Morgan fingerprint density at radius 3 is 2.52 bits per heavy atom. The Morgan fingerprint density at radius 2 is 1.91 bits per heavy atom. The summed E-state index contributed by atoms with van der Waals surface area (Å²) in [7, 11) is 0. The molecule has 1 amide bonds. The molecule has 0 spiro atoms. The third kappa shape index (κ3) is 4.73. The second kappa shape index (κ2) is 8.56. The maximum absolute atomic E-state index is 13.5. The van der Waals surface area contributed by atoms with Gasteiger partial charge in [-0.2, -0.15) is 18.4 Å². The molecule has 1 atom stereocenters. The number of amides is 1. The number of rotatable bonds is 5. The highest BCUT2D eigenvalue weighted by molar-refractivity contribution is 9.10. The SMILES string of the molecule is CC(NC(=O)c1cc(C(F)(F)F)cc(C2(C#N)CC2)c1)c1nccnc1-c1ccc(Br)cn1. The molecule has 10 heteroatoms. The number of hydrogen-bond acceptors (Lipinski definition) is 5. The Bertz CT molecular complexity index is 1250. The first-order chi connectivity index (χ1) is 15.6. The fraction of sp³-hybridized carbons (Fsp3) is 0.261. The molecule has 4 rings (SSSR count). The Balaban J connectivity index is 1.65. The molecule has 168 valence electrons. The van der Waals surface area contributed by atoms with Crippen molar-refractivity contribution < 1.29 is 18.0 Å². The van der Waals surface area contributed by atoms with Crippen LogP contribution in [0.5, 0.6) is 0 Å². The highest BCUT2D eigenvalue weighted by Crippen LogP contribution is 2.48. The van der Waals surface area contributed by atoms with E-state index in [1.54, 1.807) is 25.3 Å². The molecule has 1 unspecified atom stereocenters. The Labute approximate surface area is 196 Å². The molecule has 3 aromatic rings. The van der Waals surface area contributed by atoms with E-state index < -0.39 is 29.1 Å². The van der Waals surface area contributed by atoms with Gasteiger partial charge in [0.1, 0.15) is 5.69 Å². The van der Waals surface area contributed by atoms with Gasteiger partial charge >= 0.3 is 6.18 Å².